The molecule has 0 fully saturated rings. The van der Waals surface area contributed by atoms with Crippen LogP contribution in [0.5, 0.6) is 0 Å². The molecule has 5 rings (SSSR count). The van der Waals surface area contributed by atoms with E-state index in [-0.39, 0.29) is 12.4 Å². The summed E-state index contributed by atoms with van der Waals surface area (Å²) in [6.45, 7) is 2.03. The minimum atomic E-state index is -0.529. The van der Waals surface area contributed by atoms with Crippen molar-refractivity contribution in [3.05, 3.63) is 101 Å². The van der Waals surface area contributed by atoms with Gasteiger partial charge in [0.2, 0.25) is 5.95 Å². The van der Waals surface area contributed by atoms with Crippen molar-refractivity contribution in [1.29, 1.82) is 0 Å². The number of carbonyl (C=O) groups excluding carboxylic acids is 1. The van der Waals surface area contributed by atoms with Crippen LogP contribution in [0.4, 0.5) is 10.3 Å². The second kappa shape index (κ2) is 7.72. The number of ether oxygens (including phenoxy) is 1. The van der Waals surface area contributed by atoms with Crippen LogP contribution in [0, 0.1) is 5.82 Å². The number of anilines is 1. The molecule has 1 aliphatic heterocycles. The molecule has 4 aromatic rings. The summed E-state index contributed by atoms with van der Waals surface area (Å²) in [4.78, 5) is 18.0. The Morgan fingerprint density at radius 2 is 1.74 bits per heavy atom. The van der Waals surface area contributed by atoms with E-state index in [1.807, 2.05) is 59.2 Å². The molecule has 0 spiro atoms. The summed E-state index contributed by atoms with van der Waals surface area (Å²) in [5, 5.41) is 3.36. The van der Waals surface area contributed by atoms with Crippen LogP contribution in [0.25, 0.3) is 16.7 Å². The molecule has 1 atom stereocenters. The molecule has 0 aliphatic carbocycles. The molecule has 5 nitrogen and oxygen atoms in total. The Balaban J connectivity index is 1.83. The SMILES string of the molecule is CCOC(=O)C1=C(c2ccccc2)Nc2nc3ccccc3n2[C@H]1c1ccc(F)cc1. The second-order valence-electron chi connectivity index (χ2n) is 7.25. The van der Waals surface area contributed by atoms with Crippen LogP contribution in [-0.4, -0.2) is 22.1 Å². The molecule has 154 valence electrons. The van der Waals surface area contributed by atoms with Crippen molar-refractivity contribution in [3.63, 3.8) is 0 Å². The molecule has 1 N–H and O–H groups in total. The molecule has 0 amide bonds. The lowest BCUT2D eigenvalue weighted by Crippen LogP contribution is -2.29. The van der Waals surface area contributed by atoms with Gasteiger partial charge in [0.1, 0.15) is 5.82 Å². The van der Waals surface area contributed by atoms with Crippen LogP contribution in [0.3, 0.4) is 0 Å². The number of nitrogens with one attached hydrogen (secondary N) is 1. The minimum absolute atomic E-state index is 0.248. The van der Waals surface area contributed by atoms with E-state index in [0.29, 0.717) is 17.2 Å². The highest BCUT2D eigenvalue weighted by Crippen LogP contribution is 2.42. The normalized spacial score (nSPS) is 15.5. The highest BCUT2D eigenvalue weighted by atomic mass is 19.1. The zero-order valence-corrected chi connectivity index (χ0v) is 16.9. The number of aromatic nitrogens is 2. The van der Waals surface area contributed by atoms with Crippen LogP contribution in [0.1, 0.15) is 24.1 Å². The lowest BCUT2D eigenvalue weighted by Gasteiger charge is -2.31. The van der Waals surface area contributed by atoms with Gasteiger partial charge in [-0.15, -0.1) is 0 Å². The summed E-state index contributed by atoms with van der Waals surface area (Å²) < 4.78 is 21.2. The quantitative estimate of drug-likeness (QED) is 0.469. The first-order valence-corrected chi connectivity index (χ1v) is 10.1. The molecule has 0 radical (unpaired) electrons. The van der Waals surface area contributed by atoms with Crippen LogP contribution in [0.2, 0.25) is 0 Å². The van der Waals surface area contributed by atoms with Gasteiger partial charge in [-0.05, 0) is 42.3 Å². The third-order valence-corrected chi connectivity index (χ3v) is 5.38. The number of halogens is 1. The number of rotatable bonds is 4. The number of para-hydroxylation sites is 2. The second-order valence-corrected chi connectivity index (χ2v) is 7.25. The van der Waals surface area contributed by atoms with Crippen molar-refractivity contribution in [2.75, 3.05) is 11.9 Å². The van der Waals surface area contributed by atoms with E-state index in [1.54, 1.807) is 19.1 Å². The van der Waals surface area contributed by atoms with E-state index in [9.17, 15) is 9.18 Å². The molecule has 0 unspecified atom stereocenters. The van der Waals surface area contributed by atoms with Gasteiger partial charge in [-0.2, -0.15) is 0 Å². The average Bonchev–Trinajstić information content (AvgIpc) is 3.17. The number of nitrogens with zero attached hydrogens (tertiary/aromatic N) is 2. The first-order valence-electron chi connectivity index (χ1n) is 10.1. The van der Waals surface area contributed by atoms with Crippen LogP contribution in [0.15, 0.2) is 84.4 Å². The Morgan fingerprint density at radius 3 is 2.48 bits per heavy atom. The van der Waals surface area contributed by atoms with E-state index in [4.69, 9.17) is 9.72 Å². The molecular formula is C25H20FN3O2. The average molecular weight is 413 g/mol. The largest absolute Gasteiger partial charge is 0.463 e. The van der Waals surface area contributed by atoms with Crippen molar-refractivity contribution in [2.24, 2.45) is 0 Å². The highest BCUT2D eigenvalue weighted by molar-refractivity contribution is 6.03. The summed E-state index contributed by atoms with van der Waals surface area (Å²) in [7, 11) is 0. The van der Waals surface area contributed by atoms with Gasteiger partial charge in [0.25, 0.3) is 0 Å². The van der Waals surface area contributed by atoms with Crippen molar-refractivity contribution in [2.45, 2.75) is 13.0 Å². The maximum absolute atomic E-state index is 13.7. The summed E-state index contributed by atoms with van der Waals surface area (Å²) in [6.07, 6.45) is 0. The maximum atomic E-state index is 13.7. The third kappa shape index (κ3) is 3.26. The van der Waals surface area contributed by atoms with Crippen LogP contribution < -0.4 is 5.32 Å². The molecule has 3 aromatic carbocycles. The minimum Gasteiger partial charge on any atom is -0.463 e. The fourth-order valence-corrected chi connectivity index (χ4v) is 4.05. The Labute approximate surface area is 178 Å². The smallest absolute Gasteiger partial charge is 0.338 e. The number of hydrogen-bond donors (Lipinski definition) is 1. The third-order valence-electron chi connectivity index (χ3n) is 5.38. The molecule has 0 bridgehead atoms. The summed E-state index contributed by atoms with van der Waals surface area (Å²) in [6, 6.07) is 23.0. The van der Waals surface area contributed by atoms with Gasteiger partial charge in [0.15, 0.2) is 0 Å². The van der Waals surface area contributed by atoms with Gasteiger partial charge in [0, 0.05) is 0 Å². The first-order chi connectivity index (χ1) is 15.2. The molecule has 0 saturated heterocycles. The number of imidazole rings is 1. The molecule has 31 heavy (non-hydrogen) atoms. The number of carbonyl (C=O) groups is 1. The number of esters is 1. The molecule has 2 heterocycles. The number of fused-ring (bicyclic) bond motifs is 3. The van der Waals surface area contributed by atoms with E-state index in [1.165, 1.54) is 12.1 Å². The van der Waals surface area contributed by atoms with Crippen LogP contribution >= 0.6 is 0 Å². The molecular weight excluding hydrogens is 393 g/mol. The van der Waals surface area contributed by atoms with E-state index >= 15 is 0 Å². The van der Waals surface area contributed by atoms with Crippen molar-refractivity contribution in [1.82, 2.24) is 9.55 Å². The summed E-state index contributed by atoms with van der Waals surface area (Å²) >= 11 is 0. The highest BCUT2D eigenvalue weighted by Gasteiger charge is 2.36. The van der Waals surface area contributed by atoms with Gasteiger partial charge in [0.05, 0.1) is 35.0 Å². The Bertz CT molecular complexity index is 1290. The maximum Gasteiger partial charge on any atom is 0.338 e. The lowest BCUT2D eigenvalue weighted by molar-refractivity contribution is -0.138. The van der Waals surface area contributed by atoms with Gasteiger partial charge >= 0.3 is 5.97 Å². The number of benzene rings is 3. The van der Waals surface area contributed by atoms with Gasteiger partial charge in [-0.25, -0.2) is 14.2 Å². The van der Waals surface area contributed by atoms with Crippen LogP contribution in [-0.2, 0) is 9.53 Å². The van der Waals surface area contributed by atoms with Crippen molar-refractivity contribution >= 4 is 28.6 Å². The molecule has 0 saturated carbocycles. The topological polar surface area (TPSA) is 56.1 Å². The molecule has 1 aromatic heterocycles. The zero-order valence-electron chi connectivity index (χ0n) is 16.9. The number of hydrogen-bond acceptors (Lipinski definition) is 4. The van der Waals surface area contributed by atoms with Crippen molar-refractivity contribution in [3.8, 4) is 0 Å². The van der Waals surface area contributed by atoms with Gasteiger partial charge in [-0.1, -0.05) is 54.6 Å². The monoisotopic (exact) mass is 413 g/mol. The van der Waals surface area contributed by atoms with Gasteiger partial charge < -0.3 is 10.1 Å². The standard InChI is InChI=1S/C25H20FN3O2/c1-2-31-24(30)21-22(16-8-4-3-5-9-16)28-25-27-19-10-6-7-11-20(19)29(25)23(21)17-12-14-18(26)15-13-17/h3-15,23H,2H2,1H3,(H,27,28)/t23-/m0/s1. The molecule has 1 aliphatic rings. The van der Waals surface area contributed by atoms with E-state index in [0.717, 1.165) is 22.2 Å². The Hall–Kier alpha value is -3.93. The predicted octanol–water partition coefficient (Wildman–Crippen LogP) is 5.16. The Morgan fingerprint density at radius 1 is 1.03 bits per heavy atom. The van der Waals surface area contributed by atoms with Crippen molar-refractivity contribution < 1.29 is 13.9 Å². The Kier molecular flexibility index (Phi) is 4.75. The predicted molar refractivity (Wildman–Crippen MR) is 118 cm³/mol. The fourth-order valence-electron chi connectivity index (χ4n) is 4.05. The van der Waals surface area contributed by atoms with E-state index < -0.39 is 12.0 Å². The molecule has 6 heteroatoms. The summed E-state index contributed by atoms with van der Waals surface area (Å²) in [5.74, 6) is -0.146. The summed E-state index contributed by atoms with van der Waals surface area (Å²) in [5.41, 5.74) is 4.37. The van der Waals surface area contributed by atoms with E-state index in [2.05, 4.69) is 5.32 Å². The zero-order chi connectivity index (χ0) is 21.4. The van der Waals surface area contributed by atoms with Gasteiger partial charge in [-0.3, -0.25) is 4.57 Å². The lowest BCUT2D eigenvalue weighted by atomic mass is 9.92. The first kappa shape index (κ1) is 19.1. The fraction of sp³-hybridized carbons (Fsp3) is 0.120.